The van der Waals surface area contributed by atoms with Gasteiger partial charge in [0, 0.05) is 13.3 Å². The summed E-state index contributed by atoms with van der Waals surface area (Å²) in [5.74, 6) is -1.74. The van der Waals surface area contributed by atoms with Gasteiger partial charge in [0.25, 0.3) is 0 Å². The molecular weight excluding hydrogens is 380 g/mol. The van der Waals surface area contributed by atoms with Crippen molar-refractivity contribution in [3.8, 4) is 0 Å². The number of carbonyl (C=O) groups excluding carboxylic acids is 1. The highest BCUT2D eigenvalue weighted by Gasteiger charge is 2.66. The predicted octanol–water partition coefficient (Wildman–Crippen LogP) is -2.89. The number of esters is 1. The SMILES string of the molecule is CC(=O)O[C@@]1(C)C[C@@H](O)[C@]2(O)C=CO[C@@H](O[C@@H]3O[C@H](CO)[C@@H](O)[C@H](O)[C@H]3O)C12. The zero-order valence-corrected chi connectivity index (χ0v) is 15.4. The van der Waals surface area contributed by atoms with Crippen LogP contribution in [0.4, 0.5) is 0 Å². The third-order valence-electron chi connectivity index (χ3n) is 5.60. The van der Waals surface area contributed by atoms with Gasteiger partial charge in [-0.15, -0.1) is 0 Å². The summed E-state index contributed by atoms with van der Waals surface area (Å²) in [5.41, 5.74) is -3.22. The minimum Gasteiger partial charge on any atom is -0.472 e. The van der Waals surface area contributed by atoms with Gasteiger partial charge in [0.1, 0.15) is 35.6 Å². The summed E-state index contributed by atoms with van der Waals surface area (Å²) in [4.78, 5) is 11.6. The van der Waals surface area contributed by atoms with E-state index in [9.17, 15) is 35.4 Å². The molecule has 0 aromatic heterocycles. The van der Waals surface area contributed by atoms with Crippen LogP contribution in [0.5, 0.6) is 0 Å². The molecule has 1 saturated heterocycles. The van der Waals surface area contributed by atoms with Gasteiger partial charge >= 0.3 is 5.97 Å². The normalized spacial score (nSPS) is 50.7. The Morgan fingerprint density at radius 3 is 2.46 bits per heavy atom. The molecular formula is C17H26O11. The van der Waals surface area contributed by atoms with Crippen LogP contribution in [-0.2, 0) is 23.7 Å². The second kappa shape index (κ2) is 7.50. The number of fused-ring (bicyclic) bond motifs is 1. The van der Waals surface area contributed by atoms with E-state index in [-0.39, 0.29) is 6.42 Å². The van der Waals surface area contributed by atoms with Gasteiger partial charge in [-0.25, -0.2) is 0 Å². The summed E-state index contributed by atoms with van der Waals surface area (Å²) in [7, 11) is 0. The number of carbonyl (C=O) groups is 1. The molecule has 10 atom stereocenters. The van der Waals surface area contributed by atoms with E-state index in [1.165, 1.54) is 19.9 Å². The first-order valence-electron chi connectivity index (χ1n) is 8.92. The maximum Gasteiger partial charge on any atom is 0.303 e. The van der Waals surface area contributed by atoms with Gasteiger partial charge < -0.3 is 49.6 Å². The minimum atomic E-state index is -1.85. The molecule has 11 nitrogen and oxygen atoms in total. The van der Waals surface area contributed by atoms with Crippen molar-refractivity contribution in [2.75, 3.05) is 6.61 Å². The molecule has 1 saturated carbocycles. The van der Waals surface area contributed by atoms with Gasteiger partial charge in [0.15, 0.2) is 6.29 Å². The lowest BCUT2D eigenvalue weighted by Crippen LogP contribution is -2.62. The van der Waals surface area contributed by atoms with Crippen LogP contribution in [0.3, 0.4) is 0 Å². The number of aliphatic hydroxyl groups excluding tert-OH is 5. The second-order valence-electron chi connectivity index (χ2n) is 7.63. The van der Waals surface area contributed by atoms with Crippen LogP contribution in [0, 0.1) is 5.92 Å². The topological polar surface area (TPSA) is 175 Å². The molecule has 2 heterocycles. The number of ether oxygens (including phenoxy) is 4. The van der Waals surface area contributed by atoms with Crippen LogP contribution in [0.15, 0.2) is 12.3 Å². The van der Waals surface area contributed by atoms with Gasteiger partial charge in [-0.1, -0.05) is 0 Å². The summed E-state index contributed by atoms with van der Waals surface area (Å²) < 4.78 is 21.7. The maximum absolute atomic E-state index is 11.6. The van der Waals surface area contributed by atoms with E-state index in [4.69, 9.17) is 18.9 Å². The highest BCUT2D eigenvalue weighted by atomic mass is 16.8. The standard InChI is InChI=1S/C17H26O11/c1-7(19)28-16(2)5-9(20)17(24)3-4-25-15(13(16)17)27-14-12(23)11(22)10(21)8(6-18)26-14/h3-4,8-15,18,20-24H,5-6H2,1-2H3/t8-,9-,10-,11+,12-,13?,14+,15+,16+,17-/m1/s1. The lowest BCUT2D eigenvalue weighted by Gasteiger charge is -2.45. The third-order valence-corrected chi connectivity index (χ3v) is 5.60. The Hall–Kier alpha value is -1.31. The van der Waals surface area contributed by atoms with Crippen molar-refractivity contribution in [3.05, 3.63) is 12.3 Å². The molecule has 0 spiro atoms. The molecule has 0 aromatic carbocycles. The van der Waals surface area contributed by atoms with Gasteiger partial charge in [-0.2, -0.15) is 0 Å². The first-order chi connectivity index (χ1) is 13.0. The zero-order chi connectivity index (χ0) is 20.9. The van der Waals surface area contributed by atoms with E-state index in [2.05, 4.69) is 0 Å². The Bertz CT molecular complexity index is 624. The average molecular weight is 406 g/mol. The lowest BCUT2D eigenvalue weighted by atomic mass is 9.81. The molecule has 11 heteroatoms. The highest BCUT2D eigenvalue weighted by molar-refractivity contribution is 5.66. The number of aliphatic hydroxyl groups is 6. The number of hydrogen-bond donors (Lipinski definition) is 6. The van der Waals surface area contributed by atoms with Gasteiger partial charge in [-0.05, 0) is 13.0 Å². The van der Waals surface area contributed by atoms with Crippen LogP contribution in [0.2, 0.25) is 0 Å². The molecule has 0 radical (unpaired) electrons. The summed E-state index contributed by atoms with van der Waals surface area (Å²) in [5, 5.41) is 60.6. The smallest absolute Gasteiger partial charge is 0.303 e. The zero-order valence-electron chi connectivity index (χ0n) is 15.4. The Morgan fingerprint density at radius 1 is 1.18 bits per heavy atom. The lowest BCUT2D eigenvalue weighted by molar-refractivity contribution is -0.351. The molecule has 2 fully saturated rings. The van der Waals surface area contributed by atoms with E-state index in [0.29, 0.717) is 0 Å². The van der Waals surface area contributed by atoms with Crippen LogP contribution < -0.4 is 0 Å². The first kappa shape index (κ1) is 21.4. The van der Waals surface area contributed by atoms with Crippen LogP contribution >= 0.6 is 0 Å². The minimum absolute atomic E-state index is 0.101. The quantitative estimate of drug-likeness (QED) is 0.264. The summed E-state index contributed by atoms with van der Waals surface area (Å²) in [6.45, 7) is 2.04. The molecule has 6 N–H and O–H groups in total. The van der Waals surface area contributed by atoms with Gasteiger partial charge in [0.2, 0.25) is 6.29 Å². The predicted molar refractivity (Wildman–Crippen MR) is 88.1 cm³/mol. The van der Waals surface area contributed by atoms with E-state index in [1.54, 1.807) is 0 Å². The molecule has 0 aromatic rings. The maximum atomic E-state index is 11.6. The molecule has 0 bridgehead atoms. The highest BCUT2D eigenvalue weighted by Crippen LogP contribution is 2.51. The van der Waals surface area contributed by atoms with Gasteiger partial charge in [0.05, 0.1) is 24.9 Å². The van der Waals surface area contributed by atoms with Crippen LogP contribution in [0.25, 0.3) is 0 Å². The molecule has 28 heavy (non-hydrogen) atoms. The van der Waals surface area contributed by atoms with Crippen molar-refractivity contribution in [3.63, 3.8) is 0 Å². The summed E-state index contributed by atoms with van der Waals surface area (Å²) >= 11 is 0. The molecule has 1 unspecified atom stereocenters. The van der Waals surface area contributed by atoms with Crippen molar-refractivity contribution >= 4 is 5.97 Å². The Balaban J connectivity index is 1.87. The Labute approximate surface area is 160 Å². The molecule has 2 aliphatic heterocycles. The number of rotatable bonds is 4. The van der Waals surface area contributed by atoms with Crippen molar-refractivity contribution in [2.45, 2.75) is 74.6 Å². The number of hydrogen-bond acceptors (Lipinski definition) is 11. The van der Waals surface area contributed by atoms with Crippen molar-refractivity contribution in [2.24, 2.45) is 5.92 Å². The van der Waals surface area contributed by atoms with Crippen molar-refractivity contribution in [1.29, 1.82) is 0 Å². The molecule has 3 rings (SSSR count). The monoisotopic (exact) mass is 406 g/mol. The van der Waals surface area contributed by atoms with Gasteiger partial charge in [-0.3, -0.25) is 4.79 Å². The molecule has 1 aliphatic carbocycles. The van der Waals surface area contributed by atoms with Crippen LogP contribution in [0.1, 0.15) is 20.3 Å². The van der Waals surface area contributed by atoms with E-state index in [0.717, 1.165) is 6.26 Å². The van der Waals surface area contributed by atoms with E-state index < -0.39 is 72.8 Å². The molecule has 160 valence electrons. The Kier molecular flexibility index (Phi) is 5.73. The summed E-state index contributed by atoms with van der Waals surface area (Å²) in [6.07, 6.45) is -8.06. The van der Waals surface area contributed by atoms with E-state index >= 15 is 0 Å². The first-order valence-corrected chi connectivity index (χ1v) is 8.92. The Morgan fingerprint density at radius 2 is 1.86 bits per heavy atom. The fourth-order valence-electron chi connectivity index (χ4n) is 4.25. The van der Waals surface area contributed by atoms with Crippen LogP contribution in [-0.4, -0.2) is 97.5 Å². The molecule has 3 aliphatic rings. The largest absolute Gasteiger partial charge is 0.472 e. The summed E-state index contributed by atoms with van der Waals surface area (Å²) in [6, 6.07) is 0. The van der Waals surface area contributed by atoms with E-state index in [1.807, 2.05) is 0 Å². The average Bonchev–Trinajstić information content (AvgIpc) is 2.81. The van der Waals surface area contributed by atoms with Crippen molar-refractivity contribution < 1.29 is 54.4 Å². The van der Waals surface area contributed by atoms with Crippen molar-refractivity contribution in [1.82, 2.24) is 0 Å². The fourth-order valence-corrected chi connectivity index (χ4v) is 4.25. The second-order valence-corrected chi connectivity index (χ2v) is 7.63. The fraction of sp³-hybridized carbons (Fsp3) is 0.824. The molecule has 0 amide bonds. The third kappa shape index (κ3) is 3.42.